The van der Waals surface area contributed by atoms with Gasteiger partial charge in [0.25, 0.3) is 0 Å². The number of benzene rings is 3. The molecule has 0 aliphatic carbocycles. The number of aromatic amines is 1. The van der Waals surface area contributed by atoms with Crippen LogP contribution in [-0.2, 0) is 4.79 Å². The van der Waals surface area contributed by atoms with Crippen molar-refractivity contribution in [2.45, 2.75) is 20.3 Å². The Morgan fingerprint density at radius 3 is 2.55 bits per heavy atom. The predicted octanol–water partition coefficient (Wildman–Crippen LogP) is 6.33. The smallest absolute Gasteiger partial charge is 0.335 e. The van der Waals surface area contributed by atoms with Crippen LogP contribution in [0.15, 0.2) is 85.6 Å². The van der Waals surface area contributed by atoms with Crippen LogP contribution in [0.25, 0.3) is 22.0 Å². The molecule has 1 aromatic heterocycles. The first kappa shape index (κ1) is 20.4. The average Bonchev–Trinajstić information content (AvgIpc) is 3.26. The minimum Gasteiger partial charge on any atom is -0.423 e. The lowest BCUT2D eigenvalue weighted by Gasteiger charge is -2.19. The van der Waals surface area contributed by atoms with Crippen molar-refractivity contribution in [3.8, 4) is 5.75 Å². The van der Waals surface area contributed by atoms with Gasteiger partial charge in [0, 0.05) is 17.0 Å². The molecule has 0 unspecified atom stereocenters. The minimum absolute atomic E-state index is 0.481. The van der Waals surface area contributed by atoms with E-state index in [0.29, 0.717) is 5.75 Å². The first-order chi connectivity index (χ1) is 15.1. The number of hydrogen-bond acceptors (Lipinski definition) is 3. The summed E-state index contributed by atoms with van der Waals surface area (Å²) < 4.78 is 5.61. The van der Waals surface area contributed by atoms with Crippen LogP contribution in [0.5, 0.6) is 5.75 Å². The summed E-state index contributed by atoms with van der Waals surface area (Å²) in [5.74, 6) is 0.0261. The van der Waals surface area contributed by atoms with Gasteiger partial charge in [-0.15, -0.1) is 0 Å². The number of carbonyl (C=O) groups is 1. The number of esters is 1. The number of allylic oxidation sites excluding steroid dienone is 1. The highest BCUT2D eigenvalue weighted by molar-refractivity contribution is 6.02. The van der Waals surface area contributed by atoms with Crippen molar-refractivity contribution < 1.29 is 9.53 Å². The van der Waals surface area contributed by atoms with E-state index in [2.05, 4.69) is 67.0 Å². The molecule has 1 heterocycles. The first-order valence-electron chi connectivity index (χ1n) is 10.3. The number of carbonyl (C=O) groups excluding carboxylic acids is 1. The van der Waals surface area contributed by atoms with Gasteiger partial charge in [0.05, 0.1) is 11.7 Å². The molecule has 4 heteroatoms. The number of aromatic nitrogens is 2. The number of aryl methyl sites for hydroxylation is 1. The Bertz CT molecular complexity index is 1280. The van der Waals surface area contributed by atoms with E-state index in [1.165, 1.54) is 17.2 Å². The number of nitrogens with one attached hydrogen (secondary N) is 1. The molecule has 4 rings (SSSR count). The Balaban J connectivity index is 2.01. The molecular formula is C27H24N2O2. The molecule has 31 heavy (non-hydrogen) atoms. The highest BCUT2D eigenvalue weighted by Crippen LogP contribution is 2.39. The van der Waals surface area contributed by atoms with E-state index in [9.17, 15) is 4.79 Å². The molecule has 4 nitrogen and oxygen atoms in total. The van der Waals surface area contributed by atoms with Gasteiger partial charge in [0.15, 0.2) is 0 Å². The molecule has 0 saturated heterocycles. The van der Waals surface area contributed by atoms with Crippen molar-refractivity contribution in [1.82, 2.24) is 10.2 Å². The van der Waals surface area contributed by atoms with Crippen molar-refractivity contribution in [2.24, 2.45) is 0 Å². The zero-order chi connectivity index (χ0) is 21.8. The summed E-state index contributed by atoms with van der Waals surface area (Å²) in [4.78, 5) is 12.0. The van der Waals surface area contributed by atoms with Crippen LogP contribution in [0.2, 0.25) is 0 Å². The van der Waals surface area contributed by atoms with E-state index in [-0.39, 0.29) is 0 Å². The Morgan fingerprint density at radius 1 is 1.06 bits per heavy atom. The highest BCUT2D eigenvalue weighted by Gasteiger charge is 2.18. The summed E-state index contributed by atoms with van der Waals surface area (Å²) in [6, 6.07) is 22.4. The second-order valence-corrected chi connectivity index (χ2v) is 7.37. The summed E-state index contributed by atoms with van der Waals surface area (Å²) in [6.45, 7) is 7.75. The summed E-state index contributed by atoms with van der Waals surface area (Å²) in [5, 5.41) is 8.18. The second-order valence-electron chi connectivity index (χ2n) is 7.37. The summed E-state index contributed by atoms with van der Waals surface area (Å²) in [6.07, 6.45) is 3.81. The van der Waals surface area contributed by atoms with Gasteiger partial charge >= 0.3 is 5.97 Å². The van der Waals surface area contributed by atoms with Gasteiger partial charge in [-0.05, 0) is 53.8 Å². The maximum Gasteiger partial charge on any atom is 0.335 e. The molecule has 0 aliphatic heterocycles. The van der Waals surface area contributed by atoms with Gasteiger partial charge in [-0.3, -0.25) is 5.10 Å². The number of H-pyrrole nitrogens is 1. The largest absolute Gasteiger partial charge is 0.423 e. The van der Waals surface area contributed by atoms with Gasteiger partial charge in [0.1, 0.15) is 5.75 Å². The topological polar surface area (TPSA) is 55.0 Å². The lowest BCUT2D eigenvalue weighted by molar-refractivity contribution is -0.128. The molecule has 0 spiro atoms. The van der Waals surface area contributed by atoms with Crippen LogP contribution in [0.4, 0.5) is 0 Å². The normalized spacial score (nSPS) is 11.8. The fourth-order valence-corrected chi connectivity index (χ4v) is 3.78. The molecule has 0 radical (unpaired) electrons. The Hall–Kier alpha value is -3.92. The third-order valence-electron chi connectivity index (χ3n) is 5.32. The monoisotopic (exact) mass is 408 g/mol. The number of hydrogen-bond donors (Lipinski definition) is 1. The van der Waals surface area contributed by atoms with E-state index in [0.717, 1.165) is 39.6 Å². The third kappa shape index (κ3) is 4.19. The number of para-hydroxylation sites is 1. The minimum atomic E-state index is -0.481. The molecule has 1 N–H and O–H groups in total. The first-order valence-corrected chi connectivity index (χ1v) is 10.3. The fraction of sp³-hybridized carbons (Fsp3) is 0.111. The Morgan fingerprint density at radius 2 is 1.81 bits per heavy atom. The zero-order valence-corrected chi connectivity index (χ0v) is 17.7. The van der Waals surface area contributed by atoms with Crippen molar-refractivity contribution in [2.75, 3.05) is 0 Å². The van der Waals surface area contributed by atoms with Crippen LogP contribution in [0.1, 0.15) is 35.6 Å². The van der Waals surface area contributed by atoms with E-state index in [4.69, 9.17) is 4.74 Å². The van der Waals surface area contributed by atoms with Crippen LogP contribution in [-0.4, -0.2) is 16.2 Å². The van der Waals surface area contributed by atoms with E-state index < -0.39 is 5.97 Å². The Labute approximate surface area is 181 Å². The van der Waals surface area contributed by atoms with Gasteiger partial charge in [-0.1, -0.05) is 67.6 Å². The number of ether oxygens (including phenoxy) is 1. The van der Waals surface area contributed by atoms with E-state index in [1.807, 2.05) is 36.5 Å². The van der Waals surface area contributed by atoms with Crippen molar-refractivity contribution in [3.05, 3.63) is 108 Å². The molecule has 3 aromatic carbocycles. The number of fused-ring (bicyclic) bond motifs is 1. The Kier molecular flexibility index (Phi) is 5.80. The van der Waals surface area contributed by atoms with Crippen molar-refractivity contribution in [1.29, 1.82) is 0 Å². The van der Waals surface area contributed by atoms with Gasteiger partial charge in [-0.2, -0.15) is 5.10 Å². The average molecular weight is 409 g/mol. The van der Waals surface area contributed by atoms with Crippen molar-refractivity contribution in [3.63, 3.8) is 0 Å². The lowest BCUT2D eigenvalue weighted by Crippen LogP contribution is -2.06. The standard InChI is InChI=1S/C27H24N2O2/c1-4-22(19-12-10-18(3)11-13-19)27(20-14-15-24-21(16-20)17-28-29-24)23-8-6-7-9-25(23)31-26(30)5-2/h5-17H,2,4H2,1,3H3,(H,28,29)/b27-22+. The number of rotatable bonds is 6. The molecule has 0 fully saturated rings. The maximum atomic E-state index is 12.0. The molecule has 0 amide bonds. The quantitative estimate of drug-likeness (QED) is 0.175. The van der Waals surface area contributed by atoms with Crippen LogP contribution in [0, 0.1) is 6.92 Å². The molecule has 0 bridgehead atoms. The van der Waals surface area contributed by atoms with Crippen LogP contribution in [0.3, 0.4) is 0 Å². The summed E-state index contributed by atoms with van der Waals surface area (Å²) in [5.41, 5.74) is 7.42. The van der Waals surface area contributed by atoms with Crippen LogP contribution < -0.4 is 4.74 Å². The van der Waals surface area contributed by atoms with Crippen LogP contribution >= 0.6 is 0 Å². The van der Waals surface area contributed by atoms with E-state index >= 15 is 0 Å². The fourth-order valence-electron chi connectivity index (χ4n) is 3.78. The highest BCUT2D eigenvalue weighted by atomic mass is 16.5. The zero-order valence-electron chi connectivity index (χ0n) is 17.7. The summed E-state index contributed by atoms with van der Waals surface area (Å²) in [7, 11) is 0. The molecule has 0 atom stereocenters. The predicted molar refractivity (Wildman–Crippen MR) is 126 cm³/mol. The number of nitrogens with zero attached hydrogens (tertiary/aromatic N) is 1. The SMILES string of the molecule is C=CC(=O)Oc1ccccc1/C(=C(\CC)c1ccc(C)cc1)c1ccc2[nH]ncc2c1. The van der Waals surface area contributed by atoms with Crippen molar-refractivity contribution >= 4 is 28.0 Å². The van der Waals surface area contributed by atoms with Gasteiger partial charge in [0.2, 0.25) is 0 Å². The van der Waals surface area contributed by atoms with Gasteiger partial charge < -0.3 is 4.74 Å². The molecule has 0 aliphatic rings. The lowest BCUT2D eigenvalue weighted by atomic mass is 9.87. The van der Waals surface area contributed by atoms with E-state index in [1.54, 1.807) is 0 Å². The molecule has 4 aromatic rings. The van der Waals surface area contributed by atoms with Gasteiger partial charge in [-0.25, -0.2) is 4.79 Å². The maximum absolute atomic E-state index is 12.0. The molecule has 154 valence electrons. The summed E-state index contributed by atoms with van der Waals surface area (Å²) >= 11 is 0. The molecule has 0 saturated carbocycles. The second kappa shape index (κ2) is 8.84. The molecular weight excluding hydrogens is 384 g/mol. The third-order valence-corrected chi connectivity index (χ3v) is 5.32.